The van der Waals surface area contributed by atoms with Gasteiger partial charge < -0.3 is 9.64 Å². The predicted octanol–water partition coefficient (Wildman–Crippen LogP) is 3.27. The number of hydrogen-bond acceptors (Lipinski definition) is 4. The SMILES string of the molecule is O=C(Cc1csc(-c2ccc(F)cc2)n1)N1CCO[C@@H]2CCC[C@@H]21. The molecule has 0 N–H and O–H groups in total. The third-order valence-corrected chi connectivity index (χ3v) is 5.72. The minimum atomic E-state index is -0.260. The number of morpholine rings is 1. The van der Waals surface area contributed by atoms with E-state index in [2.05, 4.69) is 4.98 Å². The largest absolute Gasteiger partial charge is 0.374 e. The van der Waals surface area contributed by atoms with Crippen molar-refractivity contribution in [3.05, 3.63) is 41.2 Å². The molecule has 0 radical (unpaired) electrons. The van der Waals surface area contributed by atoms with Gasteiger partial charge in [0, 0.05) is 17.5 Å². The van der Waals surface area contributed by atoms with Crippen LogP contribution in [0.15, 0.2) is 29.6 Å². The molecule has 4 nitrogen and oxygen atoms in total. The first-order valence-corrected chi connectivity index (χ1v) is 9.20. The summed E-state index contributed by atoms with van der Waals surface area (Å²) in [5.74, 6) is -0.129. The Hall–Kier alpha value is -1.79. The highest BCUT2D eigenvalue weighted by molar-refractivity contribution is 7.13. The first-order valence-electron chi connectivity index (χ1n) is 8.32. The van der Waals surface area contributed by atoms with E-state index in [0.29, 0.717) is 19.6 Å². The van der Waals surface area contributed by atoms with Crippen LogP contribution in [0.4, 0.5) is 4.39 Å². The summed E-state index contributed by atoms with van der Waals surface area (Å²) >= 11 is 1.49. The highest BCUT2D eigenvalue weighted by atomic mass is 32.1. The summed E-state index contributed by atoms with van der Waals surface area (Å²) in [6.45, 7) is 1.31. The Balaban J connectivity index is 1.45. The fourth-order valence-corrected chi connectivity index (χ4v) is 4.43. The molecule has 1 saturated carbocycles. The lowest BCUT2D eigenvalue weighted by molar-refractivity contribution is -0.143. The number of aromatic nitrogens is 1. The van der Waals surface area contributed by atoms with Crippen LogP contribution in [-0.2, 0) is 16.0 Å². The molecule has 2 aromatic rings. The molecule has 2 aliphatic rings. The van der Waals surface area contributed by atoms with Gasteiger partial charge in [0.1, 0.15) is 10.8 Å². The van der Waals surface area contributed by atoms with Gasteiger partial charge in [-0.15, -0.1) is 11.3 Å². The molecule has 1 aromatic carbocycles. The molecule has 2 fully saturated rings. The summed E-state index contributed by atoms with van der Waals surface area (Å²) in [6.07, 6.45) is 3.76. The number of fused-ring (bicyclic) bond motifs is 1. The zero-order chi connectivity index (χ0) is 16.5. The van der Waals surface area contributed by atoms with Crippen molar-refractivity contribution in [2.24, 2.45) is 0 Å². The van der Waals surface area contributed by atoms with Crippen molar-refractivity contribution in [1.29, 1.82) is 0 Å². The molecule has 24 heavy (non-hydrogen) atoms. The second-order valence-corrected chi connectivity index (χ2v) is 7.18. The van der Waals surface area contributed by atoms with Crippen molar-refractivity contribution >= 4 is 17.2 Å². The maximum Gasteiger partial charge on any atom is 0.229 e. The average molecular weight is 346 g/mol. The number of amides is 1. The molecule has 1 aliphatic heterocycles. The van der Waals surface area contributed by atoms with E-state index in [-0.39, 0.29) is 23.9 Å². The van der Waals surface area contributed by atoms with E-state index in [1.807, 2.05) is 10.3 Å². The standard InChI is InChI=1S/C18H19FN2O2S/c19-13-6-4-12(5-7-13)18-20-14(11-24-18)10-17(22)21-8-9-23-16-3-1-2-15(16)21/h4-7,11,15-16H,1-3,8-10H2/t15-,16+/m0/s1. The summed E-state index contributed by atoms with van der Waals surface area (Å²) in [7, 11) is 0. The van der Waals surface area contributed by atoms with Gasteiger partial charge in [0.2, 0.25) is 5.91 Å². The maximum atomic E-state index is 13.0. The number of rotatable bonds is 3. The van der Waals surface area contributed by atoms with Gasteiger partial charge in [-0.2, -0.15) is 0 Å². The van der Waals surface area contributed by atoms with Gasteiger partial charge in [-0.25, -0.2) is 9.37 Å². The molecule has 1 aromatic heterocycles. The monoisotopic (exact) mass is 346 g/mol. The number of hydrogen-bond donors (Lipinski definition) is 0. The van der Waals surface area contributed by atoms with Crippen molar-refractivity contribution in [2.45, 2.75) is 37.8 Å². The van der Waals surface area contributed by atoms with Gasteiger partial charge in [-0.05, 0) is 43.5 Å². The zero-order valence-electron chi connectivity index (χ0n) is 13.3. The highest BCUT2D eigenvalue weighted by Crippen LogP contribution is 2.30. The number of benzene rings is 1. The van der Waals surface area contributed by atoms with E-state index in [1.165, 1.54) is 23.5 Å². The molecule has 1 aliphatic carbocycles. The van der Waals surface area contributed by atoms with E-state index < -0.39 is 0 Å². The van der Waals surface area contributed by atoms with Gasteiger partial charge in [0.15, 0.2) is 0 Å². The lowest BCUT2D eigenvalue weighted by Crippen LogP contribution is -2.51. The molecule has 0 bridgehead atoms. The summed E-state index contributed by atoms with van der Waals surface area (Å²) in [5.41, 5.74) is 1.66. The van der Waals surface area contributed by atoms with E-state index in [0.717, 1.165) is 35.5 Å². The Morgan fingerprint density at radius 3 is 3.00 bits per heavy atom. The van der Waals surface area contributed by atoms with Crippen molar-refractivity contribution in [2.75, 3.05) is 13.2 Å². The molecule has 2 atom stereocenters. The second kappa shape index (κ2) is 6.61. The summed E-state index contributed by atoms with van der Waals surface area (Å²) in [6, 6.07) is 6.52. The van der Waals surface area contributed by atoms with Crippen LogP contribution < -0.4 is 0 Å². The van der Waals surface area contributed by atoms with E-state index >= 15 is 0 Å². The Morgan fingerprint density at radius 1 is 1.33 bits per heavy atom. The molecule has 1 saturated heterocycles. The minimum absolute atomic E-state index is 0.131. The molecule has 0 unspecified atom stereocenters. The Labute approximate surface area is 144 Å². The van der Waals surface area contributed by atoms with Crippen LogP contribution >= 0.6 is 11.3 Å². The summed E-state index contributed by atoms with van der Waals surface area (Å²) in [4.78, 5) is 19.2. The van der Waals surface area contributed by atoms with Crippen LogP contribution in [0.2, 0.25) is 0 Å². The molecule has 4 rings (SSSR count). The van der Waals surface area contributed by atoms with Crippen LogP contribution in [0.25, 0.3) is 10.6 Å². The third-order valence-electron chi connectivity index (χ3n) is 4.78. The number of nitrogens with zero attached hydrogens (tertiary/aromatic N) is 2. The van der Waals surface area contributed by atoms with E-state index in [1.54, 1.807) is 12.1 Å². The van der Waals surface area contributed by atoms with Gasteiger partial charge >= 0.3 is 0 Å². The predicted molar refractivity (Wildman–Crippen MR) is 90.3 cm³/mol. The van der Waals surface area contributed by atoms with Gasteiger partial charge in [0.25, 0.3) is 0 Å². The number of ether oxygens (including phenoxy) is 1. The van der Waals surface area contributed by atoms with Crippen molar-refractivity contribution in [3.8, 4) is 10.6 Å². The van der Waals surface area contributed by atoms with Crippen molar-refractivity contribution in [3.63, 3.8) is 0 Å². The molecule has 6 heteroatoms. The van der Waals surface area contributed by atoms with Crippen LogP contribution in [0.1, 0.15) is 25.0 Å². The van der Waals surface area contributed by atoms with E-state index in [4.69, 9.17) is 4.74 Å². The summed E-state index contributed by atoms with van der Waals surface area (Å²) < 4.78 is 18.8. The number of carbonyl (C=O) groups excluding carboxylic acids is 1. The van der Waals surface area contributed by atoms with Gasteiger partial charge in [0.05, 0.1) is 30.9 Å². The minimum Gasteiger partial charge on any atom is -0.374 e. The fourth-order valence-electron chi connectivity index (χ4n) is 3.61. The molecule has 126 valence electrons. The molecular formula is C18H19FN2O2S. The van der Waals surface area contributed by atoms with Crippen LogP contribution in [-0.4, -0.2) is 41.1 Å². The number of carbonyl (C=O) groups is 1. The quantitative estimate of drug-likeness (QED) is 0.857. The van der Waals surface area contributed by atoms with Crippen molar-refractivity contribution < 1.29 is 13.9 Å². The molecule has 0 spiro atoms. The number of halogens is 1. The van der Waals surface area contributed by atoms with Crippen LogP contribution in [0.5, 0.6) is 0 Å². The third kappa shape index (κ3) is 3.08. The second-order valence-electron chi connectivity index (χ2n) is 6.32. The molecule has 2 heterocycles. The van der Waals surface area contributed by atoms with Crippen molar-refractivity contribution in [1.82, 2.24) is 9.88 Å². The smallest absolute Gasteiger partial charge is 0.229 e. The van der Waals surface area contributed by atoms with Crippen LogP contribution in [0, 0.1) is 5.82 Å². The topological polar surface area (TPSA) is 42.4 Å². The maximum absolute atomic E-state index is 13.0. The average Bonchev–Trinajstić information content (AvgIpc) is 3.24. The van der Waals surface area contributed by atoms with Crippen LogP contribution in [0.3, 0.4) is 0 Å². The normalized spacial score (nSPS) is 23.3. The van der Waals surface area contributed by atoms with Gasteiger partial charge in [-0.1, -0.05) is 0 Å². The van der Waals surface area contributed by atoms with E-state index in [9.17, 15) is 9.18 Å². The first-order chi connectivity index (χ1) is 11.7. The molecular weight excluding hydrogens is 327 g/mol. The zero-order valence-corrected chi connectivity index (χ0v) is 14.1. The Morgan fingerprint density at radius 2 is 2.17 bits per heavy atom. The fraction of sp³-hybridized carbons (Fsp3) is 0.444. The summed E-state index contributed by atoms with van der Waals surface area (Å²) in [5, 5.41) is 2.74. The lowest BCUT2D eigenvalue weighted by atomic mass is 10.1. The number of thiazole rings is 1. The van der Waals surface area contributed by atoms with Gasteiger partial charge in [-0.3, -0.25) is 4.79 Å². The lowest BCUT2D eigenvalue weighted by Gasteiger charge is -2.37. The first kappa shape index (κ1) is 15.7. The molecule has 1 amide bonds. The Bertz CT molecular complexity index is 731. The Kier molecular flexibility index (Phi) is 4.33. The highest BCUT2D eigenvalue weighted by Gasteiger charge is 2.38.